The third-order valence-corrected chi connectivity index (χ3v) is 2.88. The number of nitrogens with two attached hydrogens (primary N) is 1. The lowest BCUT2D eigenvalue weighted by Gasteiger charge is -2.24. The van der Waals surface area contributed by atoms with Crippen LogP contribution in [-0.2, 0) is 16.0 Å². The Hall–Kier alpha value is -1.35. The minimum Gasteiger partial charge on any atom is -0.465 e. The molecule has 1 aromatic carbocycles. The smallest absolute Gasteiger partial charge is 0.323 e. The Morgan fingerprint density at radius 2 is 1.89 bits per heavy atom. The van der Waals surface area contributed by atoms with Crippen molar-refractivity contribution < 1.29 is 9.53 Å². The highest BCUT2D eigenvalue weighted by molar-refractivity contribution is 5.76. The fourth-order valence-electron chi connectivity index (χ4n) is 1.54. The van der Waals surface area contributed by atoms with Crippen LogP contribution in [0.25, 0.3) is 0 Å². The van der Waals surface area contributed by atoms with E-state index in [2.05, 4.69) is 12.1 Å². The van der Waals surface area contributed by atoms with Crippen molar-refractivity contribution in [2.24, 2.45) is 11.1 Å². The molecule has 0 aliphatic heterocycles. The van der Waals surface area contributed by atoms with Crippen LogP contribution in [0, 0.1) is 5.41 Å². The quantitative estimate of drug-likeness (QED) is 0.644. The van der Waals surface area contributed by atoms with Crippen molar-refractivity contribution in [1.82, 2.24) is 0 Å². The van der Waals surface area contributed by atoms with Crippen molar-refractivity contribution in [2.45, 2.75) is 39.7 Å². The minimum atomic E-state index is -0.561. The summed E-state index contributed by atoms with van der Waals surface area (Å²) >= 11 is 0. The van der Waals surface area contributed by atoms with Crippen LogP contribution in [-0.4, -0.2) is 18.6 Å². The summed E-state index contributed by atoms with van der Waals surface area (Å²) in [5, 5.41) is 0. The molecule has 1 rings (SSSR count). The van der Waals surface area contributed by atoms with Crippen LogP contribution in [0.2, 0.25) is 0 Å². The Kier molecular flexibility index (Phi) is 5.35. The summed E-state index contributed by atoms with van der Waals surface area (Å²) in [6.45, 7) is 6.23. The third kappa shape index (κ3) is 4.88. The van der Waals surface area contributed by atoms with Gasteiger partial charge in [0.05, 0.1) is 6.61 Å². The average Bonchev–Trinajstić information content (AvgIpc) is 2.33. The van der Waals surface area contributed by atoms with Crippen LogP contribution >= 0.6 is 0 Å². The van der Waals surface area contributed by atoms with E-state index in [1.165, 1.54) is 5.56 Å². The number of carbonyl (C=O) groups is 1. The summed E-state index contributed by atoms with van der Waals surface area (Å²) in [6.07, 6.45) is 1.74. The topological polar surface area (TPSA) is 52.3 Å². The monoisotopic (exact) mass is 249 g/mol. The largest absolute Gasteiger partial charge is 0.465 e. The molecular weight excluding hydrogens is 226 g/mol. The molecule has 3 heteroatoms. The van der Waals surface area contributed by atoms with E-state index < -0.39 is 6.04 Å². The Labute approximate surface area is 109 Å². The second kappa shape index (κ2) is 6.55. The van der Waals surface area contributed by atoms with Crippen LogP contribution in [0.4, 0.5) is 0 Å². The molecule has 0 unspecified atom stereocenters. The molecule has 0 saturated heterocycles. The van der Waals surface area contributed by atoms with Crippen molar-refractivity contribution in [2.75, 3.05) is 6.61 Å². The van der Waals surface area contributed by atoms with Crippen LogP contribution in [0.5, 0.6) is 0 Å². The molecule has 2 N–H and O–H groups in total. The van der Waals surface area contributed by atoms with Crippen LogP contribution < -0.4 is 5.73 Å². The first kappa shape index (κ1) is 14.7. The molecule has 3 nitrogen and oxygen atoms in total. The van der Waals surface area contributed by atoms with Gasteiger partial charge in [-0.15, -0.1) is 0 Å². The van der Waals surface area contributed by atoms with Gasteiger partial charge in [0, 0.05) is 0 Å². The lowest BCUT2D eigenvalue weighted by molar-refractivity contribution is -0.147. The molecule has 0 aliphatic rings. The molecule has 0 heterocycles. The van der Waals surface area contributed by atoms with E-state index in [0.29, 0.717) is 6.61 Å². The Bertz CT molecular complexity index is 368. The molecule has 1 aromatic rings. The predicted octanol–water partition coefficient (Wildman–Crippen LogP) is 2.54. The van der Waals surface area contributed by atoms with E-state index in [4.69, 9.17) is 10.5 Å². The molecule has 0 aliphatic carbocycles. The Balaban J connectivity index is 2.24. The SMILES string of the molecule is CC(C)(C)[C@@H](N)C(=O)OCCCc1ccccc1. The molecule has 0 spiro atoms. The van der Waals surface area contributed by atoms with Gasteiger partial charge in [-0.25, -0.2) is 0 Å². The zero-order chi connectivity index (χ0) is 13.6. The number of rotatable bonds is 5. The average molecular weight is 249 g/mol. The second-order valence-electron chi connectivity index (χ2n) is 5.60. The highest BCUT2D eigenvalue weighted by atomic mass is 16.5. The van der Waals surface area contributed by atoms with Crippen LogP contribution in [0.15, 0.2) is 30.3 Å². The molecule has 0 bridgehead atoms. The summed E-state index contributed by atoms with van der Waals surface area (Å²) < 4.78 is 5.19. The van der Waals surface area contributed by atoms with E-state index in [9.17, 15) is 4.79 Å². The third-order valence-electron chi connectivity index (χ3n) is 2.88. The zero-order valence-corrected chi connectivity index (χ0v) is 11.5. The molecule has 100 valence electrons. The summed E-state index contributed by atoms with van der Waals surface area (Å²) in [4.78, 5) is 11.7. The van der Waals surface area contributed by atoms with Gasteiger partial charge in [-0.2, -0.15) is 0 Å². The standard InChI is InChI=1S/C15H23NO2/c1-15(2,3)13(16)14(17)18-11-7-10-12-8-5-4-6-9-12/h4-6,8-9,13H,7,10-11,16H2,1-3H3/t13-/m0/s1. The number of hydrogen-bond donors (Lipinski definition) is 1. The van der Waals surface area contributed by atoms with Gasteiger partial charge in [0.2, 0.25) is 0 Å². The molecule has 0 radical (unpaired) electrons. The fourth-order valence-corrected chi connectivity index (χ4v) is 1.54. The van der Waals surface area contributed by atoms with Gasteiger partial charge in [-0.1, -0.05) is 51.1 Å². The van der Waals surface area contributed by atoms with Crippen LogP contribution in [0.1, 0.15) is 32.8 Å². The van der Waals surface area contributed by atoms with Crippen molar-refractivity contribution in [1.29, 1.82) is 0 Å². The lowest BCUT2D eigenvalue weighted by Crippen LogP contribution is -2.43. The molecule has 0 fully saturated rings. The summed E-state index contributed by atoms with van der Waals surface area (Å²) in [5.41, 5.74) is 6.82. The van der Waals surface area contributed by atoms with Gasteiger partial charge < -0.3 is 10.5 Å². The maximum atomic E-state index is 11.7. The molecule has 0 saturated carbocycles. The van der Waals surface area contributed by atoms with Gasteiger partial charge >= 0.3 is 5.97 Å². The van der Waals surface area contributed by atoms with Crippen LogP contribution in [0.3, 0.4) is 0 Å². The summed E-state index contributed by atoms with van der Waals surface area (Å²) in [5.74, 6) is -0.310. The first-order chi connectivity index (χ1) is 8.41. The normalized spacial score (nSPS) is 13.1. The number of benzene rings is 1. The van der Waals surface area contributed by atoms with Crippen molar-refractivity contribution >= 4 is 5.97 Å². The Morgan fingerprint density at radius 1 is 1.28 bits per heavy atom. The van der Waals surface area contributed by atoms with E-state index in [1.54, 1.807) is 0 Å². The minimum absolute atomic E-state index is 0.253. The predicted molar refractivity (Wildman–Crippen MR) is 73.2 cm³/mol. The molecule has 18 heavy (non-hydrogen) atoms. The summed E-state index contributed by atoms with van der Waals surface area (Å²) in [7, 11) is 0. The highest BCUT2D eigenvalue weighted by Gasteiger charge is 2.28. The highest BCUT2D eigenvalue weighted by Crippen LogP contribution is 2.18. The maximum Gasteiger partial charge on any atom is 0.323 e. The number of aryl methyl sites for hydroxylation is 1. The fraction of sp³-hybridized carbons (Fsp3) is 0.533. The number of carbonyl (C=O) groups excluding carboxylic acids is 1. The zero-order valence-electron chi connectivity index (χ0n) is 11.5. The first-order valence-corrected chi connectivity index (χ1v) is 6.37. The number of ether oxygens (including phenoxy) is 1. The molecule has 0 amide bonds. The van der Waals surface area contributed by atoms with E-state index in [0.717, 1.165) is 12.8 Å². The molecular formula is C15H23NO2. The molecule has 0 aromatic heterocycles. The van der Waals surface area contributed by atoms with E-state index >= 15 is 0 Å². The molecule has 1 atom stereocenters. The first-order valence-electron chi connectivity index (χ1n) is 6.37. The Morgan fingerprint density at radius 3 is 2.44 bits per heavy atom. The van der Waals surface area contributed by atoms with Crippen molar-refractivity contribution in [3.05, 3.63) is 35.9 Å². The van der Waals surface area contributed by atoms with Crippen molar-refractivity contribution in [3.63, 3.8) is 0 Å². The van der Waals surface area contributed by atoms with Crippen molar-refractivity contribution in [3.8, 4) is 0 Å². The van der Waals surface area contributed by atoms with Gasteiger partial charge in [-0.05, 0) is 23.8 Å². The number of hydrogen-bond acceptors (Lipinski definition) is 3. The van der Waals surface area contributed by atoms with E-state index in [-0.39, 0.29) is 11.4 Å². The van der Waals surface area contributed by atoms with Gasteiger partial charge in [0.25, 0.3) is 0 Å². The van der Waals surface area contributed by atoms with Gasteiger partial charge in [0.15, 0.2) is 0 Å². The van der Waals surface area contributed by atoms with Gasteiger partial charge in [0.1, 0.15) is 6.04 Å². The summed E-state index contributed by atoms with van der Waals surface area (Å²) in [6, 6.07) is 9.60. The van der Waals surface area contributed by atoms with E-state index in [1.807, 2.05) is 39.0 Å². The van der Waals surface area contributed by atoms with Gasteiger partial charge in [-0.3, -0.25) is 4.79 Å². The second-order valence-corrected chi connectivity index (χ2v) is 5.60. The number of esters is 1. The maximum absolute atomic E-state index is 11.7. The lowest BCUT2D eigenvalue weighted by atomic mass is 9.87.